The van der Waals surface area contributed by atoms with E-state index in [1.807, 2.05) is 6.07 Å². The smallest absolute Gasteiger partial charge is 0.270 e. The average molecular weight is 296 g/mol. The molecule has 112 valence electrons. The van der Waals surface area contributed by atoms with Crippen LogP contribution in [0.1, 0.15) is 17.7 Å². The van der Waals surface area contributed by atoms with Crippen LogP contribution in [0.5, 0.6) is 0 Å². The molecule has 0 aliphatic carbocycles. The van der Waals surface area contributed by atoms with Gasteiger partial charge in [-0.3, -0.25) is 14.8 Å². The van der Waals surface area contributed by atoms with Crippen LogP contribution in [0.3, 0.4) is 0 Å². The number of anilines is 1. The molecular formula is C13H14F2N4O2. The molecule has 0 unspecified atom stereocenters. The number of nitrogens with one attached hydrogen (secondary N) is 1. The lowest BCUT2D eigenvalue weighted by Crippen LogP contribution is -2.10. The number of nitrogens with zero attached hydrogens (tertiary/aromatic N) is 3. The van der Waals surface area contributed by atoms with E-state index in [9.17, 15) is 18.9 Å². The van der Waals surface area contributed by atoms with E-state index < -0.39 is 11.3 Å². The third-order valence-corrected chi connectivity index (χ3v) is 3.10. The summed E-state index contributed by atoms with van der Waals surface area (Å²) in [5, 5.41) is 17.5. The first-order valence-electron chi connectivity index (χ1n) is 6.26. The first-order chi connectivity index (χ1) is 9.99. The molecule has 0 fully saturated rings. The number of rotatable bonds is 6. The first kappa shape index (κ1) is 14.9. The molecule has 0 aliphatic rings. The molecule has 1 N–H and O–H groups in total. The lowest BCUT2D eigenvalue weighted by atomic mass is 10.1. The van der Waals surface area contributed by atoms with Gasteiger partial charge in [0, 0.05) is 55.3 Å². The molecule has 0 radical (unpaired) electrons. The van der Waals surface area contributed by atoms with Gasteiger partial charge in [-0.05, 0) is 12.1 Å². The minimum absolute atomic E-state index is 0.206. The zero-order valence-electron chi connectivity index (χ0n) is 11.3. The van der Waals surface area contributed by atoms with Gasteiger partial charge in [0.25, 0.3) is 12.1 Å². The van der Waals surface area contributed by atoms with Crippen molar-refractivity contribution in [2.24, 2.45) is 7.05 Å². The van der Waals surface area contributed by atoms with Crippen LogP contribution in [-0.4, -0.2) is 21.2 Å². The molecule has 0 atom stereocenters. The number of aromatic nitrogens is 2. The largest absolute Gasteiger partial charge is 0.384 e. The Bertz CT molecular complexity index is 643. The number of hydrogen-bond donors (Lipinski definition) is 1. The Morgan fingerprint density at radius 2 is 2.19 bits per heavy atom. The maximum absolute atomic E-state index is 13.0. The van der Waals surface area contributed by atoms with Gasteiger partial charge in [-0.15, -0.1) is 0 Å². The molecule has 2 rings (SSSR count). The van der Waals surface area contributed by atoms with Crippen LogP contribution in [-0.2, 0) is 13.5 Å². The molecule has 0 aliphatic heterocycles. The van der Waals surface area contributed by atoms with E-state index in [0.29, 0.717) is 13.0 Å². The zero-order chi connectivity index (χ0) is 15.4. The summed E-state index contributed by atoms with van der Waals surface area (Å²) < 4.78 is 27.6. The third kappa shape index (κ3) is 3.53. The number of halogens is 2. The van der Waals surface area contributed by atoms with Gasteiger partial charge in [-0.1, -0.05) is 0 Å². The summed E-state index contributed by atoms with van der Waals surface area (Å²) in [5.74, 6) is 0. The van der Waals surface area contributed by atoms with Crippen LogP contribution < -0.4 is 5.32 Å². The summed E-state index contributed by atoms with van der Waals surface area (Å²) >= 11 is 0. The Morgan fingerprint density at radius 1 is 1.43 bits per heavy atom. The Balaban J connectivity index is 2.08. The number of nitro benzene ring substituents is 1. The monoisotopic (exact) mass is 296 g/mol. The summed E-state index contributed by atoms with van der Waals surface area (Å²) in [6.07, 6.45) is -0.508. The number of alkyl halides is 2. The van der Waals surface area contributed by atoms with Crippen molar-refractivity contribution in [1.82, 2.24) is 9.78 Å². The SMILES string of the molecule is Cn1nccc1CCNc1ccc([N+](=O)[O-])cc1C(F)F. The fraction of sp³-hybridized carbons (Fsp3) is 0.308. The van der Waals surface area contributed by atoms with E-state index in [1.54, 1.807) is 17.9 Å². The summed E-state index contributed by atoms with van der Waals surface area (Å²) in [4.78, 5) is 9.94. The second-order valence-corrected chi connectivity index (χ2v) is 4.45. The Hall–Kier alpha value is -2.51. The lowest BCUT2D eigenvalue weighted by molar-refractivity contribution is -0.385. The summed E-state index contributed by atoms with van der Waals surface area (Å²) in [6.45, 7) is 0.428. The van der Waals surface area contributed by atoms with Gasteiger partial charge < -0.3 is 5.32 Å². The van der Waals surface area contributed by atoms with E-state index in [2.05, 4.69) is 10.4 Å². The van der Waals surface area contributed by atoms with Crippen LogP contribution in [0.4, 0.5) is 20.2 Å². The van der Waals surface area contributed by atoms with Crippen molar-refractivity contribution in [2.45, 2.75) is 12.8 Å². The minimum Gasteiger partial charge on any atom is -0.384 e. The summed E-state index contributed by atoms with van der Waals surface area (Å²) in [5.41, 5.74) is 0.456. The molecule has 0 saturated carbocycles. The number of non-ortho nitro benzene ring substituents is 1. The van der Waals surface area contributed by atoms with Crippen molar-refractivity contribution in [3.05, 3.63) is 51.8 Å². The van der Waals surface area contributed by atoms with Crippen LogP contribution in [0.15, 0.2) is 30.5 Å². The quantitative estimate of drug-likeness (QED) is 0.657. The van der Waals surface area contributed by atoms with Crippen molar-refractivity contribution in [3.8, 4) is 0 Å². The highest BCUT2D eigenvalue weighted by molar-refractivity contribution is 5.56. The van der Waals surface area contributed by atoms with Gasteiger partial charge >= 0.3 is 0 Å². The molecule has 0 amide bonds. The van der Waals surface area contributed by atoms with E-state index in [-0.39, 0.29) is 16.9 Å². The normalized spacial score (nSPS) is 10.9. The van der Waals surface area contributed by atoms with Gasteiger partial charge in [0.2, 0.25) is 0 Å². The van der Waals surface area contributed by atoms with Crippen molar-refractivity contribution >= 4 is 11.4 Å². The highest BCUT2D eigenvalue weighted by Gasteiger charge is 2.17. The van der Waals surface area contributed by atoms with Crippen molar-refractivity contribution in [2.75, 3.05) is 11.9 Å². The Kier molecular flexibility index (Phi) is 4.46. The van der Waals surface area contributed by atoms with Crippen molar-refractivity contribution in [3.63, 3.8) is 0 Å². The number of benzene rings is 1. The van der Waals surface area contributed by atoms with E-state index >= 15 is 0 Å². The fourth-order valence-corrected chi connectivity index (χ4v) is 1.98. The predicted molar refractivity (Wildman–Crippen MR) is 73.5 cm³/mol. The van der Waals surface area contributed by atoms with E-state index in [0.717, 1.165) is 11.8 Å². The second kappa shape index (κ2) is 6.29. The molecule has 21 heavy (non-hydrogen) atoms. The molecule has 0 spiro atoms. The molecule has 0 bridgehead atoms. The highest BCUT2D eigenvalue weighted by atomic mass is 19.3. The topological polar surface area (TPSA) is 73.0 Å². The molecule has 2 aromatic rings. The van der Waals surface area contributed by atoms with Crippen molar-refractivity contribution in [1.29, 1.82) is 0 Å². The molecule has 8 heteroatoms. The van der Waals surface area contributed by atoms with Crippen LogP contribution >= 0.6 is 0 Å². The number of nitro groups is 1. The molecule has 0 saturated heterocycles. The van der Waals surface area contributed by atoms with Gasteiger partial charge in [-0.2, -0.15) is 5.10 Å². The molecular weight excluding hydrogens is 282 g/mol. The minimum atomic E-state index is -2.77. The summed E-state index contributed by atoms with van der Waals surface area (Å²) in [7, 11) is 1.80. The molecule has 1 aromatic carbocycles. The Morgan fingerprint density at radius 3 is 2.76 bits per heavy atom. The number of aryl methyl sites for hydroxylation is 1. The predicted octanol–water partition coefficient (Wildman–Crippen LogP) is 2.92. The standard InChI is InChI=1S/C13H14F2N4O2/c1-18-9(5-7-17-18)4-6-16-12-3-2-10(19(20)21)8-11(12)13(14)15/h2-3,5,7-8,13,16H,4,6H2,1H3. The Labute approximate surface area is 119 Å². The lowest BCUT2D eigenvalue weighted by Gasteiger charge is -2.11. The van der Waals surface area contributed by atoms with Gasteiger partial charge in [0.05, 0.1) is 4.92 Å². The van der Waals surface area contributed by atoms with E-state index in [1.165, 1.54) is 12.1 Å². The van der Waals surface area contributed by atoms with Crippen LogP contribution in [0.2, 0.25) is 0 Å². The maximum Gasteiger partial charge on any atom is 0.270 e. The van der Waals surface area contributed by atoms with Gasteiger partial charge in [0.1, 0.15) is 0 Å². The third-order valence-electron chi connectivity index (χ3n) is 3.10. The van der Waals surface area contributed by atoms with Crippen LogP contribution in [0, 0.1) is 10.1 Å². The zero-order valence-corrected chi connectivity index (χ0v) is 11.3. The molecule has 1 heterocycles. The highest BCUT2D eigenvalue weighted by Crippen LogP contribution is 2.30. The maximum atomic E-state index is 13.0. The van der Waals surface area contributed by atoms with Gasteiger partial charge in [-0.25, -0.2) is 8.78 Å². The van der Waals surface area contributed by atoms with Crippen LogP contribution in [0.25, 0.3) is 0 Å². The van der Waals surface area contributed by atoms with Gasteiger partial charge in [0.15, 0.2) is 0 Å². The van der Waals surface area contributed by atoms with E-state index in [4.69, 9.17) is 0 Å². The first-order valence-corrected chi connectivity index (χ1v) is 6.26. The molecule has 6 nitrogen and oxygen atoms in total. The summed E-state index contributed by atoms with van der Waals surface area (Å²) in [6, 6.07) is 5.25. The second-order valence-electron chi connectivity index (χ2n) is 4.45. The van der Waals surface area contributed by atoms with Crippen molar-refractivity contribution < 1.29 is 13.7 Å². The number of hydrogen-bond acceptors (Lipinski definition) is 4. The fourth-order valence-electron chi connectivity index (χ4n) is 1.98. The molecule has 1 aromatic heterocycles. The average Bonchev–Trinajstić information content (AvgIpc) is 2.84.